The number of hydrogen-bond donors (Lipinski definition) is 0. The number of aryl methyl sites for hydroxylation is 2. The van der Waals surface area contributed by atoms with Gasteiger partial charge < -0.3 is 14.4 Å². The van der Waals surface area contributed by atoms with E-state index in [9.17, 15) is 9.59 Å². The first-order valence-electron chi connectivity index (χ1n) is 12.2. The van der Waals surface area contributed by atoms with Gasteiger partial charge in [0.2, 0.25) is 5.91 Å². The van der Waals surface area contributed by atoms with E-state index in [1.165, 1.54) is 10.2 Å². The fourth-order valence-corrected chi connectivity index (χ4v) is 4.94. The summed E-state index contributed by atoms with van der Waals surface area (Å²) in [5.74, 6) is 0.0975. The van der Waals surface area contributed by atoms with Gasteiger partial charge in [-0.2, -0.15) is 9.61 Å². The van der Waals surface area contributed by atoms with Crippen LogP contribution in [-0.2, 0) is 18.3 Å². The summed E-state index contributed by atoms with van der Waals surface area (Å²) in [5.41, 5.74) is 6.22. The quantitative estimate of drug-likeness (QED) is 0.448. The molecule has 0 bridgehead atoms. The standard InChI is InChI=1S/C28H31N5O2/c1-20-9-7-8-12-23(20)25-19-26-30(3)21(2)24(28(35)33(26)29-25)13-14-27(34)32-17-15-31(16-18-32)22-10-5-4-6-11-22/h4-12,19H,13-18H2,1-3H3. The summed E-state index contributed by atoms with van der Waals surface area (Å²) < 4.78 is 3.47. The van der Waals surface area contributed by atoms with Crippen molar-refractivity contribution in [2.45, 2.75) is 26.7 Å². The molecule has 7 nitrogen and oxygen atoms in total. The molecule has 0 unspecified atom stereocenters. The van der Waals surface area contributed by atoms with E-state index in [4.69, 9.17) is 0 Å². The van der Waals surface area contributed by atoms with Crippen molar-refractivity contribution in [3.05, 3.63) is 87.8 Å². The minimum atomic E-state index is -0.142. The first-order valence-corrected chi connectivity index (χ1v) is 12.2. The number of amides is 1. The van der Waals surface area contributed by atoms with Crippen LogP contribution < -0.4 is 10.5 Å². The third kappa shape index (κ3) is 4.34. The molecule has 180 valence electrons. The van der Waals surface area contributed by atoms with E-state index in [0.717, 1.165) is 41.3 Å². The maximum Gasteiger partial charge on any atom is 0.277 e. The first kappa shape index (κ1) is 22.9. The number of carbonyl (C=O) groups is 1. The van der Waals surface area contributed by atoms with Gasteiger partial charge in [0.1, 0.15) is 5.65 Å². The summed E-state index contributed by atoms with van der Waals surface area (Å²) in [6, 6.07) is 20.3. The van der Waals surface area contributed by atoms with Crippen LogP contribution in [0, 0.1) is 13.8 Å². The highest BCUT2D eigenvalue weighted by Gasteiger charge is 2.23. The number of nitrogens with zero attached hydrogens (tertiary/aromatic N) is 5. The van der Waals surface area contributed by atoms with Crippen LogP contribution in [0.1, 0.15) is 23.2 Å². The van der Waals surface area contributed by atoms with Gasteiger partial charge in [-0.1, -0.05) is 42.5 Å². The lowest BCUT2D eigenvalue weighted by Gasteiger charge is -2.36. The van der Waals surface area contributed by atoms with Crippen LogP contribution >= 0.6 is 0 Å². The summed E-state index contributed by atoms with van der Waals surface area (Å²) in [5, 5.41) is 4.64. The highest BCUT2D eigenvalue weighted by atomic mass is 16.2. The lowest BCUT2D eigenvalue weighted by Crippen LogP contribution is -2.48. The highest BCUT2D eigenvalue weighted by molar-refractivity contribution is 5.77. The van der Waals surface area contributed by atoms with Gasteiger partial charge in [0.25, 0.3) is 5.56 Å². The van der Waals surface area contributed by atoms with Gasteiger partial charge in [-0.05, 0) is 38.0 Å². The SMILES string of the molecule is Cc1ccccc1-c1cc2n(C)c(C)c(CCC(=O)N3CCN(c4ccccc4)CC3)c(=O)n2n1. The Morgan fingerprint density at radius 2 is 1.63 bits per heavy atom. The lowest BCUT2D eigenvalue weighted by molar-refractivity contribution is -0.131. The topological polar surface area (TPSA) is 62.9 Å². The van der Waals surface area contributed by atoms with Crippen LogP contribution in [0.25, 0.3) is 16.9 Å². The molecule has 3 heterocycles. The van der Waals surface area contributed by atoms with Gasteiger partial charge >= 0.3 is 0 Å². The zero-order valence-electron chi connectivity index (χ0n) is 20.6. The number of hydrogen-bond acceptors (Lipinski definition) is 4. The minimum absolute atomic E-state index is 0.0975. The van der Waals surface area contributed by atoms with Crippen molar-refractivity contribution in [3.8, 4) is 11.3 Å². The summed E-state index contributed by atoms with van der Waals surface area (Å²) in [4.78, 5) is 30.6. The number of benzene rings is 2. The Kier molecular flexibility index (Phi) is 6.16. The normalized spacial score (nSPS) is 14.0. The van der Waals surface area contributed by atoms with E-state index < -0.39 is 0 Å². The second kappa shape index (κ2) is 9.41. The van der Waals surface area contributed by atoms with E-state index >= 15 is 0 Å². The van der Waals surface area contributed by atoms with Crippen molar-refractivity contribution < 1.29 is 4.79 Å². The molecule has 0 saturated carbocycles. The molecule has 5 rings (SSSR count). The average molecular weight is 470 g/mol. The number of anilines is 1. The molecule has 2 aromatic heterocycles. The fourth-order valence-electron chi connectivity index (χ4n) is 4.94. The van der Waals surface area contributed by atoms with Gasteiger partial charge in [0.05, 0.1) is 5.69 Å². The lowest BCUT2D eigenvalue weighted by atomic mass is 10.1. The Bertz CT molecular complexity index is 1430. The largest absolute Gasteiger partial charge is 0.368 e. The van der Waals surface area contributed by atoms with Crippen LogP contribution in [0.5, 0.6) is 0 Å². The zero-order chi connectivity index (χ0) is 24.5. The molecule has 1 saturated heterocycles. The van der Waals surface area contributed by atoms with Gasteiger partial charge in [-0.25, -0.2) is 0 Å². The van der Waals surface area contributed by atoms with E-state index in [1.54, 1.807) is 0 Å². The molecule has 0 aliphatic carbocycles. The number of rotatable bonds is 5. The van der Waals surface area contributed by atoms with Crippen LogP contribution in [0.3, 0.4) is 0 Å². The van der Waals surface area contributed by atoms with Crippen molar-refractivity contribution >= 4 is 17.2 Å². The van der Waals surface area contributed by atoms with Crippen molar-refractivity contribution in [1.29, 1.82) is 0 Å². The average Bonchev–Trinajstić information content (AvgIpc) is 3.34. The predicted octanol–water partition coefficient (Wildman–Crippen LogP) is 3.60. The van der Waals surface area contributed by atoms with Crippen LogP contribution in [0.2, 0.25) is 0 Å². The van der Waals surface area contributed by atoms with Crippen molar-refractivity contribution in [2.75, 3.05) is 31.1 Å². The van der Waals surface area contributed by atoms with Crippen molar-refractivity contribution in [3.63, 3.8) is 0 Å². The second-order valence-electron chi connectivity index (χ2n) is 9.25. The summed E-state index contributed by atoms with van der Waals surface area (Å²) in [6.07, 6.45) is 0.727. The molecule has 1 aliphatic rings. The van der Waals surface area contributed by atoms with E-state index in [2.05, 4.69) is 22.1 Å². The zero-order valence-corrected chi connectivity index (χ0v) is 20.6. The third-order valence-electron chi connectivity index (χ3n) is 7.19. The third-order valence-corrected chi connectivity index (χ3v) is 7.19. The number of para-hydroxylation sites is 1. The maximum absolute atomic E-state index is 13.4. The maximum atomic E-state index is 13.4. The molecule has 0 N–H and O–H groups in total. The number of fused-ring (bicyclic) bond motifs is 1. The highest BCUT2D eigenvalue weighted by Crippen LogP contribution is 2.23. The molecular weight excluding hydrogens is 438 g/mol. The molecule has 4 aromatic rings. The van der Waals surface area contributed by atoms with Gasteiger partial charge in [0, 0.05) is 68.2 Å². The van der Waals surface area contributed by atoms with E-state index in [0.29, 0.717) is 31.5 Å². The first-order chi connectivity index (χ1) is 16.9. The minimum Gasteiger partial charge on any atom is -0.368 e. The van der Waals surface area contributed by atoms with E-state index in [-0.39, 0.29) is 11.5 Å². The van der Waals surface area contributed by atoms with E-state index in [1.807, 2.05) is 78.9 Å². The number of aromatic nitrogens is 3. The molecule has 2 aromatic carbocycles. The molecule has 0 atom stereocenters. The Morgan fingerprint density at radius 1 is 0.943 bits per heavy atom. The molecule has 1 fully saturated rings. The Morgan fingerprint density at radius 3 is 2.34 bits per heavy atom. The smallest absolute Gasteiger partial charge is 0.277 e. The van der Waals surface area contributed by atoms with Gasteiger partial charge in [-0.3, -0.25) is 9.59 Å². The molecule has 1 aliphatic heterocycles. The molecule has 7 heteroatoms. The predicted molar refractivity (Wildman–Crippen MR) is 139 cm³/mol. The van der Waals surface area contributed by atoms with Crippen molar-refractivity contribution in [1.82, 2.24) is 19.1 Å². The summed E-state index contributed by atoms with van der Waals surface area (Å²) >= 11 is 0. The Labute approximate surface area is 205 Å². The monoisotopic (exact) mass is 469 g/mol. The molecule has 0 radical (unpaired) electrons. The summed E-state index contributed by atoms with van der Waals surface area (Å²) in [6.45, 7) is 7.01. The number of carbonyl (C=O) groups excluding carboxylic acids is 1. The second-order valence-corrected chi connectivity index (χ2v) is 9.25. The van der Waals surface area contributed by atoms with Gasteiger partial charge in [0.15, 0.2) is 0 Å². The van der Waals surface area contributed by atoms with Crippen LogP contribution in [0.15, 0.2) is 65.5 Å². The Hall–Kier alpha value is -3.87. The fraction of sp³-hybridized carbons (Fsp3) is 0.321. The molecule has 35 heavy (non-hydrogen) atoms. The molecule has 1 amide bonds. The van der Waals surface area contributed by atoms with Crippen molar-refractivity contribution in [2.24, 2.45) is 7.05 Å². The Balaban J connectivity index is 1.32. The summed E-state index contributed by atoms with van der Waals surface area (Å²) in [7, 11) is 1.95. The number of piperazine rings is 1. The van der Waals surface area contributed by atoms with Gasteiger partial charge in [-0.15, -0.1) is 0 Å². The van der Waals surface area contributed by atoms with Crippen LogP contribution in [-0.4, -0.2) is 51.2 Å². The van der Waals surface area contributed by atoms with Crippen LogP contribution in [0.4, 0.5) is 5.69 Å². The molecule has 0 spiro atoms. The molecular formula is C28H31N5O2.